The van der Waals surface area contributed by atoms with Gasteiger partial charge in [-0.05, 0) is 36.8 Å². The number of nitrogens with zero attached hydrogens (tertiary/aromatic N) is 2. The van der Waals surface area contributed by atoms with Crippen molar-refractivity contribution in [2.75, 3.05) is 5.75 Å². The van der Waals surface area contributed by atoms with Gasteiger partial charge in [-0.25, -0.2) is 9.19 Å². The van der Waals surface area contributed by atoms with Crippen molar-refractivity contribution in [2.45, 2.75) is 22.8 Å². The average molecular weight is 427 g/mol. The summed E-state index contributed by atoms with van der Waals surface area (Å²) in [6.07, 6.45) is 3.14. The maximum atomic E-state index is 13.9. The van der Waals surface area contributed by atoms with E-state index in [0.717, 1.165) is 11.1 Å². The largest absolute Gasteiger partial charge is 0.290 e. The molecule has 0 aliphatic rings. The summed E-state index contributed by atoms with van der Waals surface area (Å²) in [7, 11) is -7.53. The van der Waals surface area contributed by atoms with Gasteiger partial charge < -0.3 is 0 Å². The highest BCUT2D eigenvalue weighted by molar-refractivity contribution is 8.03. The molecule has 2 atom stereocenters. The number of hydrogen-bond acceptors (Lipinski definition) is 4. The van der Waals surface area contributed by atoms with Crippen LogP contribution in [0.15, 0.2) is 105 Å². The number of allylic oxidation sites excluding steroid dienone is 1. The van der Waals surface area contributed by atoms with E-state index in [4.69, 9.17) is 0 Å². The Labute approximate surface area is 172 Å². The topological polar surface area (TPSA) is 76.5 Å². The number of sulfonamides is 1. The fourth-order valence-electron chi connectivity index (χ4n) is 2.85. The third kappa shape index (κ3) is 4.99. The number of pyridine rings is 1. The van der Waals surface area contributed by atoms with Gasteiger partial charge in [0.25, 0.3) is 10.0 Å². The monoisotopic (exact) mass is 426 g/mol. The van der Waals surface area contributed by atoms with Crippen molar-refractivity contribution in [1.82, 2.24) is 4.98 Å². The Balaban J connectivity index is 2.14. The summed E-state index contributed by atoms with van der Waals surface area (Å²) in [5, 5.41) is 0.137. The Morgan fingerprint density at radius 1 is 0.966 bits per heavy atom. The predicted octanol–water partition coefficient (Wildman–Crippen LogP) is 4.58. The number of aromatic nitrogens is 1. The quantitative estimate of drug-likeness (QED) is 0.518. The first-order valence-electron chi connectivity index (χ1n) is 9.00. The van der Waals surface area contributed by atoms with Crippen LogP contribution in [0, 0.1) is 6.92 Å². The second kappa shape index (κ2) is 8.71. The minimum Gasteiger partial charge on any atom is -0.246 e. The molecule has 0 fully saturated rings. The number of aryl methyl sites for hydroxylation is 1. The van der Waals surface area contributed by atoms with Crippen molar-refractivity contribution in [3.63, 3.8) is 0 Å². The minimum absolute atomic E-state index is 0.00150. The molecule has 150 valence electrons. The van der Waals surface area contributed by atoms with Gasteiger partial charge in [-0.1, -0.05) is 60.2 Å². The van der Waals surface area contributed by atoms with Crippen LogP contribution in [-0.4, -0.2) is 23.4 Å². The lowest BCUT2D eigenvalue weighted by atomic mass is 10.0. The molecule has 29 heavy (non-hydrogen) atoms. The van der Waals surface area contributed by atoms with Crippen molar-refractivity contribution in [3.05, 3.63) is 103 Å². The van der Waals surface area contributed by atoms with Crippen LogP contribution < -0.4 is 0 Å². The predicted molar refractivity (Wildman–Crippen MR) is 116 cm³/mol. The second-order valence-corrected chi connectivity index (χ2v) is 10.6. The molecule has 2 aromatic carbocycles. The van der Waals surface area contributed by atoms with E-state index in [1.807, 2.05) is 37.3 Å². The highest BCUT2D eigenvalue weighted by Crippen LogP contribution is 2.26. The van der Waals surface area contributed by atoms with E-state index in [1.54, 1.807) is 36.4 Å². The summed E-state index contributed by atoms with van der Waals surface area (Å²) >= 11 is 0. The van der Waals surface area contributed by atoms with Crippen molar-refractivity contribution >= 4 is 19.8 Å². The van der Waals surface area contributed by atoms with Crippen LogP contribution in [0.3, 0.4) is 0 Å². The molecule has 1 heterocycles. The molecule has 0 spiro atoms. The molecule has 1 aromatic heterocycles. The fraction of sp³-hybridized carbons (Fsp3) is 0.136. The van der Waals surface area contributed by atoms with E-state index in [0.29, 0.717) is 0 Å². The maximum absolute atomic E-state index is 13.9. The maximum Gasteiger partial charge on any atom is 0.290 e. The van der Waals surface area contributed by atoms with Gasteiger partial charge in [0.05, 0.1) is 4.90 Å². The van der Waals surface area contributed by atoms with Crippen molar-refractivity contribution in [1.29, 1.82) is 0 Å². The summed E-state index contributed by atoms with van der Waals surface area (Å²) < 4.78 is 43.7. The molecule has 0 radical (unpaired) electrons. The lowest BCUT2D eigenvalue weighted by molar-refractivity contribution is 0.597. The smallest absolute Gasteiger partial charge is 0.246 e. The highest BCUT2D eigenvalue weighted by Gasteiger charge is 2.25. The van der Waals surface area contributed by atoms with Gasteiger partial charge in [-0.2, -0.15) is 8.42 Å². The van der Waals surface area contributed by atoms with E-state index >= 15 is 0 Å². The molecule has 0 amide bonds. The molecule has 0 unspecified atom stereocenters. The van der Waals surface area contributed by atoms with Gasteiger partial charge >= 0.3 is 0 Å². The van der Waals surface area contributed by atoms with Gasteiger partial charge in [0.15, 0.2) is 0 Å². The standard InChI is InChI=1S/C22H22N2O3S2/c1-3-19(20-9-5-4-6-10-20)17-28(25,22-11-7-8-16-23-22)24-29(26,27)21-14-12-18(2)13-15-21/h3-16,19H,1,17H2,2H3/t19-,28+/m1/s1. The summed E-state index contributed by atoms with van der Waals surface area (Å²) in [5.41, 5.74) is 1.80. The Morgan fingerprint density at radius 3 is 2.21 bits per heavy atom. The Morgan fingerprint density at radius 2 is 1.62 bits per heavy atom. The zero-order valence-electron chi connectivity index (χ0n) is 16.0. The lowest BCUT2D eigenvalue weighted by Crippen LogP contribution is -2.17. The normalized spacial score (nSPS) is 14.5. The molecule has 0 saturated carbocycles. The molecule has 0 saturated heterocycles. The van der Waals surface area contributed by atoms with Gasteiger partial charge in [-0.3, -0.25) is 0 Å². The zero-order chi connectivity index (χ0) is 20.9. The van der Waals surface area contributed by atoms with E-state index in [-0.39, 0.29) is 21.6 Å². The first-order valence-corrected chi connectivity index (χ1v) is 12.1. The molecule has 5 nitrogen and oxygen atoms in total. The van der Waals surface area contributed by atoms with Crippen molar-refractivity contribution in [3.8, 4) is 0 Å². The number of hydrogen-bond donors (Lipinski definition) is 0. The molecule has 0 bridgehead atoms. The summed E-state index contributed by atoms with van der Waals surface area (Å²) in [5.74, 6) is -0.384. The molecular formula is C22H22N2O3S2. The molecule has 7 heteroatoms. The first kappa shape index (κ1) is 21.0. The molecule has 0 aliphatic heterocycles. The van der Waals surface area contributed by atoms with E-state index < -0.39 is 19.8 Å². The summed E-state index contributed by atoms with van der Waals surface area (Å²) in [6.45, 7) is 5.70. The van der Waals surface area contributed by atoms with Crippen molar-refractivity contribution < 1.29 is 12.6 Å². The SMILES string of the molecule is C=C[C@H](C[S@@](=O)(=NS(=O)(=O)c1ccc(C)cc1)c1ccccn1)c1ccccc1. The van der Waals surface area contributed by atoms with Gasteiger partial charge in [0.2, 0.25) is 0 Å². The molecular weight excluding hydrogens is 404 g/mol. The number of rotatable bonds is 7. The van der Waals surface area contributed by atoms with Crippen LogP contribution in [-0.2, 0) is 19.8 Å². The Kier molecular flexibility index (Phi) is 6.30. The highest BCUT2D eigenvalue weighted by atomic mass is 32.3. The third-order valence-corrected chi connectivity index (χ3v) is 8.74. The minimum atomic E-state index is -4.14. The molecule has 3 aromatic rings. The van der Waals surface area contributed by atoms with Crippen LogP contribution in [0.25, 0.3) is 0 Å². The van der Waals surface area contributed by atoms with Crippen molar-refractivity contribution in [2.24, 2.45) is 3.77 Å². The first-order chi connectivity index (χ1) is 13.8. The second-order valence-electron chi connectivity index (χ2n) is 6.59. The van der Waals surface area contributed by atoms with Gasteiger partial charge in [0, 0.05) is 17.9 Å². The number of benzene rings is 2. The van der Waals surface area contributed by atoms with Crippen LogP contribution in [0.5, 0.6) is 0 Å². The van der Waals surface area contributed by atoms with E-state index in [2.05, 4.69) is 15.3 Å². The summed E-state index contributed by atoms with van der Waals surface area (Å²) in [6, 6.07) is 20.6. The lowest BCUT2D eigenvalue weighted by Gasteiger charge is -2.16. The Bertz CT molecular complexity index is 1200. The fourth-order valence-corrected chi connectivity index (χ4v) is 6.99. The molecule has 3 rings (SSSR count). The van der Waals surface area contributed by atoms with E-state index in [1.165, 1.54) is 18.3 Å². The third-order valence-electron chi connectivity index (χ3n) is 4.42. The Hall–Kier alpha value is -2.77. The van der Waals surface area contributed by atoms with E-state index in [9.17, 15) is 12.6 Å². The van der Waals surface area contributed by atoms with Gasteiger partial charge in [-0.15, -0.1) is 10.3 Å². The summed E-state index contributed by atoms with van der Waals surface area (Å²) in [4.78, 5) is 4.16. The van der Waals surface area contributed by atoms with Crippen LogP contribution in [0.2, 0.25) is 0 Å². The molecule has 0 aliphatic carbocycles. The zero-order valence-corrected chi connectivity index (χ0v) is 17.6. The van der Waals surface area contributed by atoms with Crippen LogP contribution >= 0.6 is 0 Å². The van der Waals surface area contributed by atoms with Gasteiger partial charge in [0.1, 0.15) is 14.8 Å². The van der Waals surface area contributed by atoms with Crippen LogP contribution in [0.1, 0.15) is 17.0 Å². The average Bonchev–Trinajstić information content (AvgIpc) is 2.73. The molecule has 0 N–H and O–H groups in total. The van der Waals surface area contributed by atoms with Crippen LogP contribution in [0.4, 0.5) is 0 Å².